The number of Topliss-reactive ketones (excluding diaryl/α,β-unsaturated/α-hetero) is 1. The first-order valence-corrected chi connectivity index (χ1v) is 13.7. The number of hydrogen-bond donors (Lipinski definition) is 2. The van der Waals surface area contributed by atoms with Gasteiger partial charge >= 0.3 is 0 Å². The van der Waals surface area contributed by atoms with Gasteiger partial charge in [0.2, 0.25) is 10.0 Å². The van der Waals surface area contributed by atoms with Crippen molar-refractivity contribution in [1.29, 1.82) is 0 Å². The number of sulfonamides is 1. The molecular weight excluding hydrogens is 539 g/mol. The SMILES string of the molecule is CNS(=O)(=O)c1ccc(C(=O)CN2CC=C(c3c[nH]c(-c4ccc(F)cc4)c3-c3ccncc3)CC2)cc1.Cl. The van der Waals surface area contributed by atoms with Gasteiger partial charge in [-0.2, -0.15) is 0 Å². The summed E-state index contributed by atoms with van der Waals surface area (Å²) in [6, 6.07) is 16.3. The van der Waals surface area contributed by atoms with Gasteiger partial charge in [0.1, 0.15) is 5.82 Å². The molecule has 0 atom stereocenters. The molecule has 0 aliphatic carbocycles. The largest absolute Gasteiger partial charge is 0.360 e. The van der Waals surface area contributed by atoms with Crippen LogP contribution in [0.3, 0.4) is 0 Å². The first kappa shape index (κ1) is 28.4. The number of nitrogens with zero attached hydrogens (tertiary/aromatic N) is 2. The molecule has 7 nitrogen and oxygen atoms in total. The van der Waals surface area contributed by atoms with E-state index in [1.165, 1.54) is 36.9 Å². The summed E-state index contributed by atoms with van der Waals surface area (Å²) in [6.07, 6.45) is 8.39. The van der Waals surface area contributed by atoms with Crippen molar-refractivity contribution in [1.82, 2.24) is 19.6 Å². The van der Waals surface area contributed by atoms with E-state index in [-0.39, 0.29) is 35.4 Å². The molecule has 3 heterocycles. The van der Waals surface area contributed by atoms with Crippen molar-refractivity contribution >= 4 is 33.8 Å². The number of benzene rings is 2. The van der Waals surface area contributed by atoms with Crippen LogP contribution in [0.25, 0.3) is 28.0 Å². The highest BCUT2D eigenvalue weighted by Crippen LogP contribution is 2.39. The van der Waals surface area contributed by atoms with Crippen LogP contribution >= 0.6 is 12.4 Å². The van der Waals surface area contributed by atoms with Crippen LogP contribution < -0.4 is 4.72 Å². The van der Waals surface area contributed by atoms with Gasteiger partial charge in [-0.1, -0.05) is 18.2 Å². The fourth-order valence-corrected chi connectivity index (χ4v) is 5.40. The van der Waals surface area contributed by atoms with Crippen LogP contribution in [0.5, 0.6) is 0 Å². The van der Waals surface area contributed by atoms with E-state index in [1.54, 1.807) is 36.7 Å². The van der Waals surface area contributed by atoms with Crippen LogP contribution in [0.15, 0.2) is 90.2 Å². The number of rotatable bonds is 8. The smallest absolute Gasteiger partial charge is 0.240 e. The Kier molecular flexibility index (Phi) is 8.76. The minimum Gasteiger partial charge on any atom is -0.360 e. The molecule has 0 spiro atoms. The van der Waals surface area contributed by atoms with Gasteiger partial charge in [0.25, 0.3) is 0 Å². The average Bonchev–Trinajstić information content (AvgIpc) is 3.39. The Bertz CT molecular complexity index is 1590. The van der Waals surface area contributed by atoms with Crippen molar-refractivity contribution in [2.75, 3.05) is 26.7 Å². The van der Waals surface area contributed by atoms with Crippen LogP contribution in [-0.2, 0) is 10.0 Å². The van der Waals surface area contributed by atoms with Gasteiger partial charge in [0.05, 0.1) is 17.1 Å². The number of hydrogen-bond acceptors (Lipinski definition) is 5. The van der Waals surface area contributed by atoms with Gasteiger partial charge < -0.3 is 4.98 Å². The molecule has 0 radical (unpaired) electrons. The molecule has 2 N–H and O–H groups in total. The zero-order valence-corrected chi connectivity index (χ0v) is 22.9. The van der Waals surface area contributed by atoms with E-state index >= 15 is 0 Å². The maximum atomic E-state index is 13.6. The molecule has 2 aromatic carbocycles. The van der Waals surface area contributed by atoms with E-state index in [2.05, 4.69) is 25.7 Å². The summed E-state index contributed by atoms with van der Waals surface area (Å²) >= 11 is 0. The third kappa shape index (κ3) is 6.17. The highest BCUT2D eigenvalue weighted by Gasteiger charge is 2.22. The van der Waals surface area contributed by atoms with E-state index in [0.29, 0.717) is 18.7 Å². The molecule has 10 heteroatoms. The van der Waals surface area contributed by atoms with Gasteiger partial charge in [-0.05, 0) is 78.7 Å². The van der Waals surface area contributed by atoms with Gasteiger partial charge in [-0.3, -0.25) is 14.7 Å². The predicted octanol–water partition coefficient (Wildman–Crippen LogP) is 5.18. The molecule has 0 unspecified atom stereocenters. The summed E-state index contributed by atoms with van der Waals surface area (Å²) in [6.45, 7) is 1.56. The summed E-state index contributed by atoms with van der Waals surface area (Å²) in [5, 5.41) is 0. The van der Waals surface area contributed by atoms with Crippen LogP contribution in [-0.4, -0.2) is 55.8 Å². The maximum absolute atomic E-state index is 13.6. The number of halogens is 2. The van der Waals surface area contributed by atoms with Gasteiger partial charge in [-0.15, -0.1) is 12.4 Å². The van der Waals surface area contributed by atoms with Crippen molar-refractivity contribution in [3.05, 3.63) is 102 Å². The highest BCUT2D eigenvalue weighted by atomic mass is 35.5. The Morgan fingerprint density at radius 3 is 2.33 bits per heavy atom. The topological polar surface area (TPSA) is 95.2 Å². The molecular formula is C29H28ClFN4O3S. The number of carbonyl (C=O) groups excluding carboxylic acids is 1. The minimum absolute atomic E-state index is 0. The average molecular weight is 567 g/mol. The molecule has 0 saturated carbocycles. The lowest BCUT2D eigenvalue weighted by atomic mass is 9.92. The zero-order valence-electron chi connectivity index (χ0n) is 21.2. The van der Waals surface area contributed by atoms with Gasteiger partial charge in [-0.25, -0.2) is 17.5 Å². The predicted molar refractivity (Wildman–Crippen MR) is 153 cm³/mol. The highest BCUT2D eigenvalue weighted by molar-refractivity contribution is 7.89. The number of aromatic nitrogens is 2. The Labute approximate surface area is 233 Å². The molecule has 2 aromatic heterocycles. The monoisotopic (exact) mass is 566 g/mol. The molecule has 0 fully saturated rings. The van der Waals surface area contributed by atoms with E-state index in [0.717, 1.165) is 34.4 Å². The molecule has 0 amide bonds. The zero-order chi connectivity index (χ0) is 26.7. The summed E-state index contributed by atoms with van der Waals surface area (Å²) in [4.78, 5) is 22.6. The Morgan fingerprint density at radius 2 is 1.72 bits per heavy atom. The molecule has 1 aliphatic rings. The van der Waals surface area contributed by atoms with Gasteiger partial charge in [0, 0.05) is 48.4 Å². The Balaban J connectivity index is 0.00000353. The van der Waals surface area contributed by atoms with Crippen LogP contribution in [0, 0.1) is 5.82 Å². The second-order valence-electron chi connectivity index (χ2n) is 9.06. The quantitative estimate of drug-likeness (QED) is 0.286. The maximum Gasteiger partial charge on any atom is 0.240 e. The lowest BCUT2D eigenvalue weighted by molar-refractivity contribution is 0.0937. The summed E-state index contributed by atoms with van der Waals surface area (Å²) in [5.74, 6) is -0.345. The molecule has 4 aromatic rings. The standard InChI is InChI=1S/C29H27FN4O3S.ClH/c1-31-38(36,37)25-8-4-21(5-9-25)27(35)19-34-16-12-20(13-17-34)26-18-33-29(23-2-6-24(30)7-3-23)28(26)22-10-14-32-15-11-22;/h2-12,14-15,18,31,33H,13,16-17,19H2,1H3;1H. The van der Waals surface area contributed by atoms with Crippen molar-refractivity contribution in [2.45, 2.75) is 11.3 Å². The molecule has 202 valence electrons. The summed E-state index contributed by atoms with van der Waals surface area (Å²) in [7, 11) is -2.19. The minimum atomic E-state index is -3.54. The van der Waals surface area contributed by atoms with Crippen molar-refractivity contribution in [2.24, 2.45) is 0 Å². The molecule has 5 rings (SSSR count). The number of H-pyrrole nitrogens is 1. The number of aromatic amines is 1. The Hall–Kier alpha value is -3.63. The third-order valence-corrected chi connectivity index (χ3v) is 8.17. The van der Waals surface area contributed by atoms with Crippen molar-refractivity contribution in [3.63, 3.8) is 0 Å². The number of carbonyl (C=O) groups is 1. The molecule has 39 heavy (non-hydrogen) atoms. The summed E-state index contributed by atoms with van der Waals surface area (Å²) < 4.78 is 39.7. The van der Waals surface area contributed by atoms with Crippen LogP contribution in [0.4, 0.5) is 4.39 Å². The van der Waals surface area contributed by atoms with Crippen LogP contribution in [0.2, 0.25) is 0 Å². The van der Waals surface area contributed by atoms with Crippen molar-refractivity contribution < 1.29 is 17.6 Å². The van der Waals surface area contributed by atoms with E-state index in [4.69, 9.17) is 0 Å². The third-order valence-electron chi connectivity index (χ3n) is 6.74. The molecule has 0 saturated heterocycles. The normalized spacial score (nSPS) is 13.9. The first-order valence-electron chi connectivity index (χ1n) is 12.2. The van der Waals surface area contributed by atoms with Crippen molar-refractivity contribution in [3.8, 4) is 22.4 Å². The van der Waals surface area contributed by atoms with Crippen LogP contribution in [0.1, 0.15) is 22.3 Å². The number of ketones is 1. The second kappa shape index (κ2) is 12.0. The fourth-order valence-electron chi connectivity index (χ4n) is 4.67. The van der Waals surface area contributed by atoms with Gasteiger partial charge in [0.15, 0.2) is 5.78 Å². The molecule has 1 aliphatic heterocycles. The van der Waals surface area contributed by atoms with E-state index in [9.17, 15) is 17.6 Å². The Morgan fingerprint density at radius 1 is 1.03 bits per heavy atom. The van der Waals surface area contributed by atoms with E-state index in [1.807, 2.05) is 18.3 Å². The summed E-state index contributed by atoms with van der Waals surface area (Å²) in [5.41, 5.74) is 6.57. The first-order chi connectivity index (χ1) is 18.4. The van der Waals surface area contributed by atoms with E-state index < -0.39 is 10.0 Å². The lowest BCUT2D eigenvalue weighted by Gasteiger charge is -2.26. The lowest BCUT2D eigenvalue weighted by Crippen LogP contribution is -2.33. The molecule has 0 bridgehead atoms. The number of pyridine rings is 1. The fraction of sp³-hybridized carbons (Fsp3) is 0.172. The number of nitrogens with one attached hydrogen (secondary N) is 2. The second-order valence-corrected chi connectivity index (χ2v) is 11.0.